The number of aromatic nitrogens is 1. The highest BCUT2D eigenvalue weighted by Crippen LogP contribution is 2.23. The van der Waals surface area contributed by atoms with E-state index in [1.54, 1.807) is 6.07 Å². The SMILES string of the molecule is COC(=O)c1ccc2[nH]cc(CC(C)(C)N)c2c1. The van der Waals surface area contributed by atoms with Crippen LogP contribution in [0.4, 0.5) is 0 Å². The fourth-order valence-electron chi connectivity index (χ4n) is 2.06. The quantitative estimate of drug-likeness (QED) is 0.816. The molecule has 96 valence electrons. The van der Waals surface area contributed by atoms with Crippen LogP contribution < -0.4 is 5.73 Å². The first kappa shape index (κ1) is 12.6. The monoisotopic (exact) mass is 246 g/mol. The van der Waals surface area contributed by atoms with E-state index in [1.165, 1.54) is 7.11 Å². The molecule has 0 aliphatic heterocycles. The number of hydrogen-bond donors (Lipinski definition) is 2. The number of H-pyrrole nitrogens is 1. The van der Waals surface area contributed by atoms with E-state index in [9.17, 15) is 4.79 Å². The Morgan fingerprint density at radius 1 is 1.44 bits per heavy atom. The van der Waals surface area contributed by atoms with Crippen LogP contribution in [-0.4, -0.2) is 23.6 Å². The highest BCUT2D eigenvalue weighted by atomic mass is 16.5. The van der Waals surface area contributed by atoms with Crippen LogP contribution in [0.25, 0.3) is 10.9 Å². The van der Waals surface area contributed by atoms with E-state index in [1.807, 2.05) is 32.2 Å². The van der Waals surface area contributed by atoms with Crippen molar-refractivity contribution in [3.05, 3.63) is 35.5 Å². The van der Waals surface area contributed by atoms with E-state index >= 15 is 0 Å². The Morgan fingerprint density at radius 2 is 2.17 bits per heavy atom. The topological polar surface area (TPSA) is 68.1 Å². The Morgan fingerprint density at radius 3 is 2.78 bits per heavy atom. The standard InChI is InChI=1S/C14H18N2O2/c1-14(2,15)7-10-8-16-12-5-4-9(6-11(10)12)13(17)18-3/h4-6,8,16H,7,15H2,1-3H3. The Bertz CT molecular complexity index is 579. The van der Waals surface area contributed by atoms with Gasteiger partial charge in [0, 0.05) is 22.6 Å². The lowest BCUT2D eigenvalue weighted by Gasteiger charge is -2.17. The van der Waals surface area contributed by atoms with E-state index in [2.05, 4.69) is 4.98 Å². The second-order valence-corrected chi connectivity index (χ2v) is 5.23. The van der Waals surface area contributed by atoms with Crippen molar-refractivity contribution in [1.82, 2.24) is 4.98 Å². The summed E-state index contributed by atoms with van der Waals surface area (Å²) in [7, 11) is 1.38. The van der Waals surface area contributed by atoms with Crippen molar-refractivity contribution in [2.24, 2.45) is 5.73 Å². The molecule has 4 heteroatoms. The van der Waals surface area contributed by atoms with Crippen molar-refractivity contribution < 1.29 is 9.53 Å². The summed E-state index contributed by atoms with van der Waals surface area (Å²) in [5.74, 6) is -0.323. The summed E-state index contributed by atoms with van der Waals surface area (Å²) < 4.78 is 4.73. The molecular weight excluding hydrogens is 228 g/mol. The number of fused-ring (bicyclic) bond motifs is 1. The molecule has 1 heterocycles. The molecular formula is C14H18N2O2. The van der Waals surface area contributed by atoms with Gasteiger partial charge >= 0.3 is 5.97 Å². The van der Waals surface area contributed by atoms with Crippen LogP contribution in [0.5, 0.6) is 0 Å². The normalized spacial score (nSPS) is 11.8. The maximum Gasteiger partial charge on any atom is 0.337 e. The number of methoxy groups -OCH3 is 1. The van der Waals surface area contributed by atoms with Crippen LogP contribution in [0.3, 0.4) is 0 Å². The minimum absolute atomic E-state index is 0.281. The zero-order valence-corrected chi connectivity index (χ0v) is 10.9. The zero-order chi connectivity index (χ0) is 13.3. The van der Waals surface area contributed by atoms with Crippen LogP contribution in [0, 0.1) is 0 Å². The molecule has 4 nitrogen and oxygen atoms in total. The van der Waals surface area contributed by atoms with Gasteiger partial charge in [-0.2, -0.15) is 0 Å². The maximum atomic E-state index is 11.5. The number of nitrogens with one attached hydrogen (secondary N) is 1. The Kier molecular flexibility index (Phi) is 3.13. The van der Waals surface area contributed by atoms with Gasteiger partial charge in [-0.25, -0.2) is 4.79 Å². The van der Waals surface area contributed by atoms with Gasteiger partial charge < -0.3 is 15.5 Å². The Hall–Kier alpha value is -1.81. The first-order valence-corrected chi connectivity index (χ1v) is 5.88. The molecule has 1 aromatic heterocycles. The first-order valence-electron chi connectivity index (χ1n) is 5.88. The molecule has 2 aromatic rings. The summed E-state index contributed by atoms with van der Waals surface area (Å²) in [5, 5.41) is 1.02. The van der Waals surface area contributed by atoms with Crippen molar-refractivity contribution in [2.45, 2.75) is 25.8 Å². The molecule has 2 rings (SSSR count). The second-order valence-electron chi connectivity index (χ2n) is 5.23. The average molecular weight is 246 g/mol. The summed E-state index contributed by atoms with van der Waals surface area (Å²) >= 11 is 0. The molecule has 0 atom stereocenters. The lowest BCUT2D eigenvalue weighted by atomic mass is 9.95. The molecule has 1 aromatic carbocycles. The molecule has 0 spiro atoms. The average Bonchev–Trinajstić information content (AvgIpc) is 2.68. The lowest BCUT2D eigenvalue weighted by Crippen LogP contribution is -2.34. The minimum atomic E-state index is -0.323. The van der Waals surface area contributed by atoms with Crippen LogP contribution in [0.15, 0.2) is 24.4 Å². The number of benzene rings is 1. The number of nitrogens with two attached hydrogens (primary N) is 1. The molecule has 0 saturated carbocycles. The molecule has 3 N–H and O–H groups in total. The molecule has 0 fully saturated rings. The van der Waals surface area contributed by atoms with Crippen LogP contribution >= 0.6 is 0 Å². The van der Waals surface area contributed by atoms with Gasteiger partial charge in [0.2, 0.25) is 0 Å². The third kappa shape index (κ3) is 2.54. The van der Waals surface area contributed by atoms with Gasteiger partial charge in [0.25, 0.3) is 0 Å². The summed E-state index contributed by atoms with van der Waals surface area (Å²) in [5.41, 5.74) is 8.43. The van der Waals surface area contributed by atoms with Gasteiger partial charge in [-0.15, -0.1) is 0 Å². The molecule has 0 aliphatic carbocycles. The van der Waals surface area contributed by atoms with Crippen molar-refractivity contribution >= 4 is 16.9 Å². The number of rotatable bonds is 3. The molecule has 0 unspecified atom stereocenters. The van der Waals surface area contributed by atoms with Crippen molar-refractivity contribution in [3.8, 4) is 0 Å². The van der Waals surface area contributed by atoms with Gasteiger partial charge in [-0.1, -0.05) is 0 Å². The van der Waals surface area contributed by atoms with Gasteiger partial charge in [-0.05, 0) is 44.0 Å². The second kappa shape index (κ2) is 4.46. The van der Waals surface area contributed by atoms with E-state index in [-0.39, 0.29) is 11.5 Å². The van der Waals surface area contributed by atoms with E-state index in [4.69, 9.17) is 10.5 Å². The molecule has 0 saturated heterocycles. The number of carbonyl (C=O) groups is 1. The van der Waals surface area contributed by atoms with Gasteiger partial charge in [-0.3, -0.25) is 0 Å². The molecule has 0 radical (unpaired) electrons. The van der Waals surface area contributed by atoms with Gasteiger partial charge in [0.1, 0.15) is 0 Å². The predicted octanol–water partition coefficient (Wildman–Crippen LogP) is 2.23. The maximum absolute atomic E-state index is 11.5. The number of esters is 1. The number of carbonyl (C=O) groups excluding carboxylic acids is 1. The zero-order valence-electron chi connectivity index (χ0n) is 10.9. The van der Waals surface area contributed by atoms with E-state index in [0.29, 0.717) is 5.56 Å². The molecule has 0 aliphatic rings. The molecule has 0 bridgehead atoms. The summed E-state index contributed by atoms with van der Waals surface area (Å²) in [4.78, 5) is 14.7. The first-order chi connectivity index (χ1) is 8.40. The van der Waals surface area contributed by atoms with Crippen molar-refractivity contribution in [3.63, 3.8) is 0 Å². The summed E-state index contributed by atoms with van der Waals surface area (Å²) in [6.45, 7) is 3.96. The van der Waals surface area contributed by atoms with Gasteiger partial charge in [0.05, 0.1) is 12.7 Å². The van der Waals surface area contributed by atoms with Crippen LogP contribution in [0.1, 0.15) is 29.8 Å². The predicted molar refractivity (Wildman–Crippen MR) is 71.6 cm³/mol. The smallest absolute Gasteiger partial charge is 0.337 e. The van der Waals surface area contributed by atoms with E-state index < -0.39 is 0 Å². The Balaban J connectivity index is 2.46. The third-order valence-corrected chi connectivity index (χ3v) is 2.83. The lowest BCUT2D eigenvalue weighted by molar-refractivity contribution is 0.0601. The molecule has 18 heavy (non-hydrogen) atoms. The highest BCUT2D eigenvalue weighted by Gasteiger charge is 2.16. The number of hydrogen-bond acceptors (Lipinski definition) is 3. The largest absolute Gasteiger partial charge is 0.465 e. The van der Waals surface area contributed by atoms with Crippen LogP contribution in [-0.2, 0) is 11.2 Å². The highest BCUT2D eigenvalue weighted by molar-refractivity contribution is 5.95. The fourth-order valence-corrected chi connectivity index (χ4v) is 2.06. The third-order valence-electron chi connectivity index (χ3n) is 2.83. The van der Waals surface area contributed by atoms with Crippen molar-refractivity contribution in [2.75, 3.05) is 7.11 Å². The minimum Gasteiger partial charge on any atom is -0.465 e. The summed E-state index contributed by atoms with van der Waals surface area (Å²) in [6.07, 6.45) is 2.69. The Labute approximate surface area is 106 Å². The molecule has 0 amide bonds. The van der Waals surface area contributed by atoms with Gasteiger partial charge in [0.15, 0.2) is 0 Å². The number of ether oxygens (including phenoxy) is 1. The number of aromatic amines is 1. The fraction of sp³-hybridized carbons (Fsp3) is 0.357. The summed E-state index contributed by atoms with van der Waals surface area (Å²) in [6, 6.07) is 5.48. The van der Waals surface area contributed by atoms with E-state index in [0.717, 1.165) is 22.9 Å². The van der Waals surface area contributed by atoms with Crippen molar-refractivity contribution in [1.29, 1.82) is 0 Å². The van der Waals surface area contributed by atoms with Crippen LogP contribution in [0.2, 0.25) is 0 Å².